The molecule has 0 radical (unpaired) electrons. The highest BCUT2D eigenvalue weighted by atomic mass is 19.1. The number of rotatable bonds is 12. The maximum absolute atomic E-state index is 13.4. The van der Waals surface area contributed by atoms with Crippen LogP contribution in [-0.4, -0.2) is 51.7 Å². The Morgan fingerprint density at radius 2 is 1.82 bits per heavy atom. The number of aromatic nitrogens is 2. The zero-order valence-corrected chi connectivity index (χ0v) is 20.2. The van der Waals surface area contributed by atoms with Gasteiger partial charge in [0.25, 0.3) is 0 Å². The number of aliphatic hydroxyl groups is 1. The summed E-state index contributed by atoms with van der Waals surface area (Å²) in [6.07, 6.45) is 1.92. The van der Waals surface area contributed by atoms with Crippen molar-refractivity contribution in [2.24, 2.45) is 13.0 Å². The van der Waals surface area contributed by atoms with Crippen molar-refractivity contribution in [2.45, 2.75) is 45.4 Å². The Morgan fingerprint density at radius 3 is 2.47 bits per heavy atom. The van der Waals surface area contributed by atoms with Gasteiger partial charge in [0.05, 0.1) is 24.4 Å². The number of ether oxygens (including phenoxy) is 2. The van der Waals surface area contributed by atoms with Crippen LogP contribution in [0.4, 0.5) is 4.39 Å². The zero-order valence-electron chi connectivity index (χ0n) is 20.2. The lowest BCUT2D eigenvalue weighted by Gasteiger charge is -2.26. The number of hydrogen-bond acceptors (Lipinski definition) is 5. The van der Waals surface area contributed by atoms with Gasteiger partial charge in [-0.15, -0.1) is 0 Å². The Labute approximate surface area is 200 Å². The van der Waals surface area contributed by atoms with E-state index in [4.69, 9.17) is 14.6 Å². The molecule has 1 atom stereocenters. The number of aliphatic hydroxyl groups excluding tert-OH is 1. The zero-order chi connectivity index (χ0) is 24.1. The van der Waals surface area contributed by atoms with E-state index >= 15 is 0 Å². The summed E-state index contributed by atoms with van der Waals surface area (Å²) in [5.74, 6) is 1.50. The van der Waals surface area contributed by atoms with Crippen molar-refractivity contribution >= 4 is 0 Å². The van der Waals surface area contributed by atoms with E-state index in [0.717, 1.165) is 23.4 Å². The van der Waals surface area contributed by atoms with Crippen molar-refractivity contribution < 1.29 is 19.0 Å². The predicted octanol–water partition coefficient (Wildman–Crippen LogP) is 5.02. The Hall–Kier alpha value is -2.74. The maximum Gasteiger partial charge on any atom is 0.222 e. The van der Waals surface area contributed by atoms with E-state index in [-0.39, 0.29) is 11.9 Å². The van der Waals surface area contributed by atoms with Gasteiger partial charge in [0.2, 0.25) is 5.88 Å². The van der Waals surface area contributed by atoms with Gasteiger partial charge >= 0.3 is 0 Å². The number of nitrogens with zero attached hydrogens (tertiary/aromatic N) is 3. The smallest absolute Gasteiger partial charge is 0.222 e. The molecule has 0 spiro atoms. The van der Waals surface area contributed by atoms with Crippen molar-refractivity contribution in [1.29, 1.82) is 0 Å². The average Bonchev–Trinajstić information content (AvgIpc) is 3.58. The van der Waals surface area contributed by atoms with Crippen LogP contribution in [0.3, 0.4) is 0 Å². The molecule has 1 saturated carbocycles. The number of benzene rings is 2. The third-order valence-electron chi connectivity index (χ3n) is 5.85. The Morgan fingerprint density at radius 1 is 1.12 bits per heavy atom. The van der Waals surface area contributed by atoms with Gasteiger partial charge in [0.15, 0.2) is 0 Å². The summed E-state index contributed by atoms with van der Waals surface area (Å²) >= 11 is 0. The maximum atomic E-state index is 13.4. The van der Waals surface area contributed by atoms with Crippen LogP contribution in [0.2, 0.25) is 0 Å². The molecule has 1 unspecified atom stereocenters. The molecule has 1 N–H and O–H groups in total. The van der Waals surface area contributed by atoms with Gasteiger partial charge in [-0.2, -0.15) is 5.10 Å². The lowest BCUT2D eigenvalue weighted by atomic mass is 10.1. The highest BCUT2D eigenvalue weighted by Gasteiger charge is 2.28. The van der Waals surface area contributed by atoms with Crippen LogP contribution in [-0.2, 0) is 18.3 Å². The van der Waals surface area contributed by atoms with Gasteiger partial charge in [0.1, 0.15) is 17.3 Å². The second kappa shape index (κ2) is 11.1. The second-order valence-corrected chi connectivity index (χ2v) is 9.35. The Balaban J connectivity index is 1.64. The number of hydrogen-bond donors (Lipinski definition) is 1. The van der Waals surface area contributed by atoms with Crippen molar-refractivity contribution in [3.8, 4) is 22.9 Å². The van der Waals surface area contributed by atoms with E-state index in [0.29, 0.717) is 37.2 Å². The van der Waals surface area contributed by atoms with E-state index in [9.17, 15) is 9.50 Å². The van der Waals surface area contributed by atoms with Crippen molar-refractivity contribution in [3.63, 3.8) is 0 Å². The first-order valence-electron chi connectivity index (χ1n) is 12.0. The molecule has 1 aromatic heterocycles. The molecule has 6 nitrogen and oxygen atoms in total. The van der Waals surface area contributed by atoms with E-state index in [1.807, 2.05) is 51.2 Å². The van der Waals surface area contributed by atoms with E-state index in [1.54, 1.807) is 16.8 Å². The SMILES string of the molecule is CC(C)OCC(O)CN(Cc1c(-c2ccccc2)nn(C)c1Oc1ccc(F)cc1)CC1CC1. The van der Waals surface area contributed by atoms with Gasteiger partial charge < -0.3 is 14.6 Å². The first kappa shape index (κ1) is 24.4. The van der Waals surface area contributed by atoms with E-state index in [1.165, 1.54) is 25.0 Å². The molecule has 1 aliphatic carbocycles. The van der Waals surface area contributed by atoms with Gasteiger partial charge in [-0.3, -0.25) is 4.90 Å². The highest BCUT2D eigenvalue weighted by molar-refractivity contribution is 5.65. The van der Waals surface area contributed by atoms with Crippen molar-refractivity contribution in [3.05, 3.63) is 66.0 Å². The van der Waals surface area contributed by atoms with Crippen LogP contribution in [0.5, 0.6) is 11.6 Å². The molecular formula is C27H34FN3O3. The van der Waals surface area contributed by atoms with Crippen molar-refractivity contribution in [1.82, 2.24) is 14.7 Å². The molecule has 2 aromatic carbocycles. The molecule has 3 aromatic rings. The van der Waals surface area contributed by atoms with Gasteiger partial charge in [-0.25, -0.2) is 9.07 Å². The summed E-state index contributed by atoms with van der Waals surface area (Å²) in [6.45, 7) is 6.21. The molecule has 7 heteroatoms. The molecule has 1 aliphatic rings. The average molecular weight is 468 g/mol. The quantitative estimate of drug-likeness (QED) is 0.406. The molecule has 4 rings (SSSR count). The summed E-state index contributed by atoms with van der Waals surface area (Å²) in [7, 11) is 1.85. The monoisotopic (exact) mass is 467 g/mol. The summed E-state index contributed by atoms with van der Waals surface area (Å²) < 4.78 is 27.0. The van der Waals surface area contributed by atoms with E-state index < -0.39 is 6.10 Å². The minimum Gasteiger partial charge on any atom is -0.439 e. The summed E-state index contributed by atoms with van der Waals surface area (Å²) in [5, 5.41) is 15.4. The molecule has 0 saturated heterocycles. The fourth-order valence-corrected chi connectivity index (χ4v) is 4.01. The van der Waals surface area contributed by atoms with Crippen LogP contribution < -0.4 is 4.74 Å². The molecule has 1 fully saturated rings. The largest absolute Gasteiger partial charge is 0.439 e. The minimum atomic E-state index is -0.584. The lowest BCUT2D eigenvalue weighted by Crippen LogP contribution is -2.36. The molecule has 182 valence electrons. The first-order valence-corrected chi connectivity index (χ1v) is 12.0. The van der Waals surface area contributed by atoms with Crippen LogP contribution in [0.25, 0.3) is 11.3 Å². The molecule has 1 heterocycles. The van der Waals surface area contributed by atoms with E-state index in [2.05, 4.69) is 4.90 Å². The van der Waals surface area contributed by atoms with Gasteiger partial charge in [0, 0.05) is 32.2 Å². The molecule has 0 bridgehead atoms. The topological polar surface area (TPSA) is 59.8 Å². The van der Waals surface area contributed by atoms with Gasteiger partial charge in [-0.05, 0) is 56.9 Å². The molecule has 0 aliphatic heterocycles. The van der Waals surface area contributed by atoms with Crippen LogP contribution in [0.1, 0.15) is 32.3 Å². The summed E-state index contributed by atoms with van der Waals surface area (Å²) in [6, 6.07) is 16.0. The molecule has 0 amide bonds. The first-order chi connectivity index (χ1) is 16.4. The number of halogens is 1. The molecule has 34 heavy (non-hydrogen) atoms. The third-order valence-corrected chi connectivity index (χ3v) is 5.85. The Bertz CT molecular complexity index is 1050. The van der Waals surface area contributed by atoms with Crippen molar-refractivity contribution in [2.75, 3.05) is 19.7 Å². The number of aryl methyl sites for hydroxylation is 1. The normalized spacial score (nSPS) is 14.7. The van der Waals surface area contributed by atoms with Crippen LogP contribution in [0.15, 0.2) is 54.6 Å². The minimum absolute atomic E-state index is 0.0743. The van der Waals surface area contributed by atoms with Crippen LogP contribution >= 0.6 is 0 Å². The predicted molar refractivity (Wildman–Crippen MR) is 130 cm³/mol. The lowest BCUT2D eigenvalue weighted by molar-refractivity contribution is -0.0101. The van der Waals surface area contributed by atoms with Crippen LogP contribution in [0, 0.1) is 11.7 Å². The fourth-order valence-electron chi connectivity index (χ4n) is 4.01. The molecular weight excluding hydrogens is 433 g/mol. The summed E-state index contributed by atoms with van der Waals surface area (Å²) in [5.41, 5.74) is 2.78. The standard InChI is InChI=1S/C27H34FN3O3/c1-19(2)33-18-23(32)16-31(15-20-9-10-20)17-25-26(21-7-5-4-6-8-21)29-30(3)27(25)34-24-13-11-22(28)12-14-24/h4-8,11-14,19-20,23,32H,9-10,15-18H2,1-3H3. The second-order valence-electron chi connectivity index (χ2n) is 9.35. The highest BCUT2D eigenvalue weighted by Crippen LogP contribution is 2.36. The third kappa shape index (κ3) is 6.65. The Kier molecular flexibility index (Phi) is 7.98. The summed E-state index contributed by atoms with van der Waals surface area (Å²) in [4.78, 5) is 2.27. The fraction of sp³-hybridized carbons (Fsp3) is 0.444. The van der Waals surface area contributed by atoms with Gasteiger partial charge in [-0.1, -0.05) is 30.3 Å².